The minimum atomic E-state index is -4.37. The van der Waals surface area contributed by atoms with Crippen LogP contribution in [0.4, 0.5) is 26.3 Å². The zero-order valence-electron chi connectivity index (χ0n) is 41.6. The van der Waals surface area contributed by atoms with Crippen LogP contribution in [0, 0.1) is 23.7 Å². The van der Waals surface area contributed by atoms with Crippen LogP contribution in [0.15, 0.2) is 97.3 Å². The lowest BCUT2D eigenvalue weighted by Crippen LogP contribution is -2.32. The number of carboxylic acid groups (broad SMARTS) is 1. The Morgan fingerprint density at radius 3 is 1.37 bits per heavy atom. The molecule has 2 fully saturated rings. The molecule has 0 atom stereocenters. The van der Waals surface area contributed by atoms with Gasteiger partial charge in [-0.25, -0.2) is 4.79 Å². The summed E-state index contributed by atoms with van der Waals surface area (Å²) in [7, 11) is 2.87. The highest BCUT2D eigenvalue weighted by atomic mass is 19.4. The van der Waals surface area contributed by atoms with E-state index in [1.54, 1.807) is 6.20 Å². The fourth-order valence-corrected chi connectivity index (χ4v) is 9.97. The number of alkyl halides is 6. The Labute approximate surface area is 421 Å². The van der Waals surface area contributed by atoms with Crippen LogP contribution in [0.25, 0.3) is 21.8 Å². The maximum absolute atomic E-state index is 13.3. The van der Waals surface area contributed by atoms with Crippen LogP contribution in [0.5, 0.6) is 0 Å². The molecule has 2 aromatic heterocycles. The summed E-state index contributed by atoms with van der Waals surface area (Å²) < 4.78 is 90.3. The molecule has 4 N–H and O–H groups in total. The standard InChI is InChI=1S/C28H31F3N2O3.C19H16F3NO2.C9H17NO2/c1-3-33-17-23(26(34)32-16-19-7-11-20(12-8-19)27(35)36-2)25-21(5-4-6-24(25)33)15-18-9-13-22(14-10-18)28(29,30)31;1-2-23-11-15(18(24)25)17-13(4-3-5-16(17)23)10-12-6-8-14(9-7-12)19(20,21)22;1-12-9(11)8-4-2-7(6-10)3-5-8/h4-6,9-10,13-14,17,19-20H,3,7-8,11-12,15-16H2,1-2H3,(H,32,34);3-9,11H,2,10H2,1H3,(H,24,25);7-8H,2-6,10H2,1H3. The van der Waals surface area contributed by atoms with E-state index in [2.05, 4.69) is 10.1 Å². The van der Waals surface area contributed by atoms with Crippen LogP contribution < -0.4 is 11.1 Å². The molecule has 2 aliphatic rings. The van der Waals surface area contributed by atoms with Crippen molar-refractivity contribution in [2.75, 3.05) is 27.3 Å². The largest absolute Gasteiger partial charge is 0.478 e. The molecule has 0 aliphatic heterocycles. The van der Waals surface area contributed by atoms with Crippen LogP contribution in [0.2, 0.25) is 0 Å². The Balaban J connectivity index is 0.000000202. The molecular weight excluding hydrogens is 955 g/mol. The van der Waals surface area contributed by atoms with Crippen molar-refractivity contribution in [3.63, 3.8) is 0 Å². The normalized spacial score (nSPS) is 18.0. The van der Waals surface area contributed by atoms with Gasteiger partial charge in [-0.3, -0.25) is 14.4 Å². The smallest absolute Gasteiger partial charge is 0.416 e. The molecule has 0 saturated heterocycles. The van der Waals surface area contributed by atoms with Crippen molar-refractivity contribution in [1.29, 1.82) is 0 Å². The number of nitrogens with two attached hydrogens (primary N) is 1. The summed E-state index contributed by atoms with van der Waals surface area (Å²) >= 11 is 0. The fourth-order valence-electron chi connectivity index (χ4n) is 9.97. The third kappa shape index (κ3) is 14.1. The summed E-state index contributed by atoms with van der Waals surface area (Å²) in [5.41, 5.74) is 9.78. The number of halogens is 6. The number of aromatic nitrogens is 2. The number of esters is 2. The first-order valence-electron chi connectivity index (χ1n) is 24.7. The van der Waals surface area contributed by atoms with Gasteiger partial charge < -0.3 is 34.8 Å². The zero-order chi connectivity index (χ0) is 53.0. The number of nitrogens with one attached hydrogen (secondary N) is 1. The van der Waals surface area contributed by atoms with Gasteiger partial charge in [-0.05, 0) is 155 Å². The van der Waals surface area contributed by atoms with Gasteiger partial charge in [0.25, 0.3) is 5.91 Å². The Kier molecular flexibility index (Phi) is 19.0. The van der Waals surface area contributed by atoms with E-state index < -0.39 is 29.4 Å². The predicted molar refractivity (Wildman–Crippen MR) is 267 cm³/mol. The number of fused-ring (bicyclic) bond motifs is 2. The second-order valence-electron chi connectivity index (χ2n) is 18.8. The van der Waals surface area contributed by atoms with Gasteiger partial charge in [0, 0.05) is 53.8 Å². The summed E-state index contributed by atoms with van der Waals surface area (Å²) in [5, 5.41) is 14.0. The Morgan fingerprint density at radius 1 is 0.603 bits per heavy atom. The second kappa shape index (κ2) is 24.9. The van der Waals surface area contributed by atoms with E-state index in [4.69, 9.17) is 10.5 Å². The SMILES string of the molecule is CCn1cc(C(=O)NCC2CCC(C(=O)OC)CC2)c2c(Cc3ccc(C(F)(F)F)cc3)cccc21.CCn1cc(C(=O)O)c2c(Cc3ccc(C(F)(F)F)cc3)cccc21.COC(=O)C1CCC(CN)CC1. The van der Waals surface area contributed by atoms with Crippen molar-refractivity contribution < 1.29 is 60.1 Å². The predicted octanol–water partition coefficient (Wildman–Crippen LogP) is 11.9. The summed E-state index contributed by atoms with van der Waals surface area (Å²) in [4.78, 5) is 47.7. The van der Waals surface area contributed by atoms with Gasteiger partial charge in [-0.2, -0.15) is 26.3 Å². The molecule has 8 rings (SSSR count). The van der Waals surface area contributed by atoms with E-state index in [0.717, 1.165) is 115 Å². The first-order valence-corrected chi connectivity index (χ1v) is 24.7. The third-order valence-corrected chi connectivity index (χ3v) is 14.1. The number of nitrogens with zero attached hydrogens (tertiary/aromatic N) is 2. The number of carbonyl (C=O) groups excluding carboxylic acids is 3. The molecular formula is C56H64F6N4O7. The Hall–Kier alpha value is -6.62. The molecule has 2 saturated carbocycles. The molecule has 4 aromatic carbocycles. The fraction of sp³-hybridized carbons (Fsp3) is 0.429. The number of methoxy groups -OCH3 is 2. The first kappa shape index (κ1) is 55.7. The lowest BCUT2D eigenvalue weighted by molar-refractivity contribution is -0.147. The van der Waals surface area contributed by atoms with Crippen molar-refractivity contribution >= 4 is 45.6 Å². The number of hydrogen-bond acceptors (Lipinski definition) is 7. The molecule has 0 unspecified atom stereocenters. The van der Waals surface area contributed by atoms with Crippen LogP contribution in [-0.4, -0.2) is 65.4 Å². The Bertz CT molecular complexity index is 2820. The van der Waals surface area contributed by atoms with Crippen LogP contribution >= 0.6 is 0 Å². The number of amides is 1. The number of benzene rings is 4. The highest BCUT2D eigenvalue weighted by Crippen LogP contribution is 2.34. The topological polar surface area (TPSA) is 155 Å². The summed E-state index contributed by atoms with van der Waals surface area (Å²) in [6.07, 6.45) is 2.80. The second-order valence-corrected chi connectivity index (χ2v) is 18.8. The van der Waals surface area contributed by atoms with Crippen molar-refractivity contribution in [3.05, 3.63) is 142 Å². The highest BCUT2D eigenvalue weighted by Gasteiger charge is 2.32. The number of ether oxygens (including phenoxy) is 2. The van der Waals surface area contributed by atoms with E-state index in [9.17, 15) is 50.6 Å². The average Bonchev–Trinajstić information content (AvgIpc) is 3.98. The summed E-state index contributed by atoms with van der Waals surface area (Å²) in [5.74, 6) is -0.378. The third-order valence-electron chi connectivity index (χ3n) is 14.1. The molecule has 17 heteroatoms. The van der Waals surface area contributed by atoms with Crippen LogP contribution in [0.1, 0.15) is 119 Å². The summed E-state index contributed by atoms with van der Waals surface area (Å²) in [6.45, 7) is 6.54. The van der Waals surface area contributed by atoms with E-state index in [1.807, 2.05) is 65.6 Å². The number of hydrogen-bond donors (Lipinski definition) is 3. The molecule has 0 bridgehead atoms. The molecule has 2 aliphatic carbocycles. The van der Waals surface area contributed by atoms with Gasteiger partial charge in [0.15, 0.2) is 0 Å². The molecule has 392 valence electrons. The molecule has 6 aromatic rings. The van der Waals surface area contributed by atoms with Gasteiger partial charge in [-0.1, -0.05) is 48.5 Å². The molecule has 1 amide bonds. The number of carboxylic acids is 1. The lowest BCUT2D eigenvalue weighted by Gasteiger charge is -2.26. The Morgan fingerprint density at radius 2 is 1.00 bits per heavy atom. The van der Waals surface area contributed by atoms with E-state index in [-0.39, 0.29) is 35.2 Å². The number of carbonyl (C=O) groups is 4. The minimum absolute atomic E-state index is 0.0505. The monoisotopic (exact) mass is 1020 g/mol. The highest BCUT2D eigenvalue weighted by molar-refractivity contribution is 6.08. The van der Waals surface area contributed by atoms with Crippen molar-refractivity contribution in [2.45, 2.75) is 103 Å². The number of rotatable bonds is 13. The van der Waals surface area contributed by atoms with Crippen LogP contribution in [0.3, 0.4) is 0 Å². The van der Waals surface area contributed by atoms with E-state index in [1.165, 1.54) is 38.5 Å². The maximum atomic E-state index is 13.3. The maximum Gasteiger partial charge on any atom is 0.416 e. The van der Waals surface area contributed by atoms with Gasteiger partial charge >= 0.3 is 30.3 Å². The van der Waals surface area contributed by atoms with E-state index in [0.29, 0.717) is 60.8 Å². The molecule has 11 nitrogen and oxygen atoms in total. The number of aromatic carboxylic acids is 1. The zero-order valence-corrected chi connectivity index (χ0v) is 41.6. The van der Waals surface area contributed by atoms with Crippen molar-refractivity contribution in [3.8, 4) is 0 Å². The quantitative estimate of drug-likeness (QED) is 0.0763. The first-order chi connectivity index (χ1) is 34.8. The minimum Gasteiger partial charge on any atom is -0.478 e. The molecule has 2 heterocycles. The molecule has 0 radical (unpaired) electrons. The van der Waals surface area contributed by atoms with Gasteiger partial charge in [-0.15, -0.1) is 0 Å². The van der Waals surface area contributed by atoms with Crippen molar-refractivity contribution in [2.24, 2.45) is 29.4 Å². The molecule has 73 heavy (non-hydrogen) atoms. The molecule has 0 spiro atoms. The van der Waals surface area contributed by atoms with Crippen LogP contribution in [-0.2, 0) is 57.3 Å². The van der Waals surface area contributed by atoms with Gasteiger partial charge in [0.05, 0.1) is 48.3 Å². The summed E-state index contributed by atoms with van der Waals surface area (Å²) in [6, 6.07) is 21.4. The van der Waals surface area contributed by atoms with E-state index >= 15 is 0 Å². The average molecular weight is 1020 g/mol. The number of aryl methyl sites for hydroxylation is 2. The van der Waals surface area contributed by atoms with Gasteiger partial charge in [0.2, 0.25) is 0 Å². The van der Waals surface area contributed by atoms with Gasteiger partial charge in [0.1, 0.15) is 0 Å². The van der Waals surface area contributed by atoms with Crippen molar-refractivity contribution in [1.82, 2.24) is 14.5 Å². The lowest BCUT2D eigenvalue weighted by atomic mass is 9.82.